The van der Waals surface area contributed by atoms with Crippen molar-refractivity contribution >= 4 is 11.4 Å². The van der Waals surface area contributed by atoms with Crippen molar-refractivity contribution in [2.24, 2.45) is 0 Å². The van der Waals surface area contributed by atoms with E-state index in [-0.39, 0.29) is 5.41 Å². The summed E-state index contributed by atoms with van der Waals surface area (Å²) in [5, 5.41) is 0. The maximum absolute atomic E-state index is 5.76. The number of hydrogen-bond acceptors (Lipinski definition) is 2. The third kappa shape index (κ3) is 2.73. The van der Waals surface area contributed by atoms with Crippen LogP contribution in [-0.2, 0) is 5.41 Å². The molecule has 0 fully saturated rings. The number of anilines is 2. The predicted molar refractivity (Wildman–Crippen MR) is 83.8 cm³/mol. The van der Waals surface area contributed by atoms with E-state index in [0.717, 1.165) is 5.69 Å². The van der Waals surface area contributed by atoms with Crippen molar-refractivity contribution in [3.05, 3.63) is 59.7 Å². The van der Waals surface area contributed by atoms with E-state index in [4.69, 9.17) is 5.73 Å². The summed E-state index contributed by atoms with van der Waals surface area (Å²) in [5.74, 6) is 0. The molecular formula is C17H22N2. The van der Waals surface area contributed by atoms with E-state index in [1.165, 1.54) is 16.8 Å². The SMILES string of the molecule is CN(C)c1ccc(C(C)(C)c2ccc(N)cc2)cc1. The van der Waals surface area contributed by atoms with Gasteiger partial charge in [0.1, 0.15) is 0 Å². The van der Waals surface area contributed by atoms with Crippen molar-refractivity contribution in [3.63, 3.8) is 0 Å². The lowest BCUT2D eigenvalue weighted by Gasteiger charge is -2.27. The van der Waals surface area contributed by atoms with Crippen molar-refractivity contribution in [1.82, 2.24) is 0 Å². The van der Waals surface area contributed by atoms with Crippen LogP contribution in [0.1, 0.15) is 25.0 Å². The highest BCUT2D eigenvalue weighted by Gasteiger charge is 2.22. The molecule has 0 bridgehead atoms. The molecule has 2 N–H and O–H groups in total. The Labute approximate surface area is 115 Å². The highest BCUT2D eigenvalue weighted by molar-refractivity contribution is 5.50. The molecule has 0 aliphatic heterocycles. The predicted octanol–water partition coefficient (Wildman–Crippen LogP) is 3.66. The van der Waals surface area contributed by atoms with E-state index >= 15 is 0 Å². The molecule has 0 unspecified atom stereocenters. The first-order valence-electron chi connectivity index (χ1n) is 6.55. The van der Waals surface area contributed by atoms with Gasteiger partial charge in [-0.3, -0.25) is 0 Å². The number of hydrogen-bond donors (Lipinski definition) is 1. The Morgan fingerprint density at radius 1 is 0.789 bits per heavy atom. The Morgan fingerprint density at radius 2 is 1.21 bits per heavy atom. The molecule has 2 heteroatoms. The number of nitrogens with zero attached hydrogens (tertiary/aromatic N) is 1. The highest BCUT2D eigenvalue weighted by atomic mass is 15.1. The number of benzene rings is 2. The second-order valence-electron chi connectivity index (χ2n) is 5.69. The van der Waals surface area contributed by atoms with E-state index < -0.39 is 0 Å². The first-order valence-corrected chi connectivity index (χ1v) is 6.55. The molecule has 0 aliphatic carbocycles. The molecule has 0 heterocycles. The van der Waals surface area contributed by atoms with Crippen molar-refractivity contribution in [3.8, 4) is 0 Å². The maximum Gasteiger partial charge on any atom is 0.0361 e. The van der Waals surface area contributed by atoms with Gasteiger partial charge < -0.3 is 10.6 Å². The van der Waals surface area contributed by atoms with E-state index in [9.17, 15) is 0 Å². The molecule has 0 aliphatic rings. The molecule has 0 amide bonds. The van der Waals surface area contributed by atoms with E-state index in [1.807, 2.05) is 12.1 Å². The first-order chi connectivity index (χ1) is 8.91. The average Bonchev–Trinajstić information content (AvgIpc) is 2.39. The molecule has 0 saturated heterocycles. The van der Waals surface area contributed by atoms with Crippen molar-refractivity contribution in [2.45, 2.75) is 19.3 Å². The molecule has 2 aromatic rings. The number of nitrogens with two attached hydrogens (primary N) is 1. The van der Waals surface area contributed by atoms with Gasteiger partial charge in [-0.05, 0) is 35.4 Å². The molecule has 0 saturated carbocycles. The summed E-state index contributed by atoms with van der Waals surface area (Å²) >= 11 is 0. The van der Waals surface area contributed by atoms with Crippen LogP contribution in [0.25, 0.3) is 0 Å². The van der Waals surface area contributed by atoms with Gasteiger partial charge in [-0.2, -0.15) is 0 Å². The lowest BCUT2D eigenvalue weighted by Crippen LogP contribution is -2.19. The molecule has 0 spiro atoms. The Hall–Kier alpha value is -1.96. The molecule has 0 radical (unpaired) electrons. The fourth-order valence-corrected chi connectivity index (χ4v) is 2.24. The second kappa shape index (κ2) is 4.96. The molecule has 2 rings (SSSR count). The van der Waals surface area contributed by atoms with Gasteiger partial charge in [0.15, 0.2) is 0 Å². The zero-order valence-electron chi connectivity index (χ0n) is 12.1. The van der Waals surface area contributed by atoms with Gasteiger partial charge in [0.05, 0.1) is 0 Å². The van der Waals surface area contributed by atoms with Gasteiger partial charge >= 0.3 is 0 Å². The third-order valence-corrected chi connectivity index (χ3v) is 3.74. The quantitative estimate of drug-likeness (QED) is 0.847. The molecule has 100 valence electrons. The van der Waals surface area contributed by atoms with Crippen LogP contribution < -0.4 is 10.6 Å². The Bertz CT molecular complexity index is 536. The van der Waals surface area contributed by atoms with E-state index in [0.29, 0.717) is 0 Å². The average molecular weight is 254 g/mol. The smallest absolute Gasteiger partial charge is 0.0361 e. The minimum Gasteiger partial charge on any atom is -0.399 e. The van der Waals surface area contributed by atoms with Crippen molar-refractivity contribution in [1.29, 1.82) is 0 Å². The molecule has 19 heavy (non-hydrogen) atoms. The van der Waals surface area contributed by atoms with Gasteiger partial charge in [-0.25, -0.2) is 0 Å². The van der Waals surface area contributed by atoms with Crippen molar-refractivity contribution < 1.29 is 0 Å². The highest BCUT2D eigenvalue weighted by Crippen LogP contribution is 2.32. The number of nitrogen functional groups attached to an aromatic ring is 1. The summed E-state index contributed by atoms with van der Waals surface area (Å²) in [6, 6.07) is 16.9. The zero-order chi connectivity index (χ0) is 14.0. The van der Waals surface area contributed by atoms with Crippen LogP contribution in [0.5, 0.6) is 0 Å². The second-order valence-corrected chi connectivity index (χ2v) is 5.69. The van der Waals surface area contributed by atoms with Gasteiger partial charge in [-0.1, -0.05) is 38.1 Å². The largest absolute Gasteiger partial charge is 0.399 e. The Kier molecular flexibility index (Phi) is 3.52. The molecule has 0 aromatic heterocycles. The van der Waals surface area contributed by atoms with Gasteiger partial charge in [0, 0.05) is 30.9 Å². The summed E-state index contributed by atoms with van der Waals surface area (Å²) in [6.45, 7) is 4.48. The molecule has 2 nitrogen and oxygen atoms in total. The third-order valence-electron chi connectivity index (χ3n) is 3.74. The zero-order valence-corrected chi connectivity index (χ0v) is 12.1. The summed E-state index contributed by atoms with van der Waals surface area (Å²) in [7, 11) is 4.11. The van der Waals surface area contributed by atoms with Crippen LogP contribution in [0.2, 0.25) is 0 Å². The molecule has 0 atom stereocenters. The Morgan fingerprint density at radius 3 is 1.63 bits per heavy atom. The fourth-order valence-electron chi connectivity index (χ4n) is 2.24. The van der Waals surface area contributed by atoms with Gasteiger partial charge in [0.25, 0.3) is 0 Å². The topological polar surface area (TPSA) is 29.3 Å². The summed E-state index contributed by atoms with van der Waals surface area (Å²) in [6.07, 6.45) is 0. The monoisotopic (exact) mass is 254 g/mol. The lowest BCUT2D eigenvalue weighted by molar-refractivity contribution is 0.641. The fraction of sp³-hybridized carbons (Fsp3) is 0.294. The van der Waals surface area contributed by atoms with Crippen LogP contribution in [-0.4, -0.2) is 14.1 Å². The van der Waals surface area contributed by atoms with Gasteiger partial charge in [0.2, 0.25) is 0 Å². The maximum atomic E-state index is 5.76. The standard InChI is InChI=1S/C17H22N2/c1-17(2,13-5-9-15(18)10-6-13)14-7-11-16(12-8-14)19(3)4/h5-12H,18H2,1-4H3. The number of rotatable bonds is 3. The van der Waals surface area contributed by atoms with Crippen LogP contribution in [0.4, 0.5) is 11.4 Å². The van der Waals surface area contributed by atoms with Crippen LogP contribution in [0.15, 0.2) is 48.5 Å². The Balaban J connectivity index is 2.35. The first kappa shape index (κ1) is 13.5. The minimum absolute atomic E-state index is 0.0153. The van der Waals surface area contributed by atoms with E-state index in [2.05, 4.69) is 69.2 Å². The van der Waals surface area contributed by atoms with E-state index in [1.54, 1.807) is 0 Å². The van der Waals surface area contributed by atoms with Crippen LogP contribution >= 0.6 is 0 Å². The molecular weight excluding hydrogens is 232 g/mol. The van der Waals surface area contributed by atoms with Crippen LogP contribution in [0.3, 0.4) is 0 Å². The lowest BCUT2D eigenvalue weighted by atomic mass is 9.78. The van der Waals surface area contributed by atoms with Crippen molar-refractivity contribution in [2.75, 3.05) is 24.7 Å². The summed E-state index contributed by atoms with van der Waals surface area (Å²) < 4.78 is 0. The van der Waals surface area contributed by atoms with Crippen LogP contribution in [0, 0.1) is 0 Å². The minimum atomic E-state index is -0.0153. The normalized spacial score (nSPS) is 11.4. The van der Waals surface area contributed by atoms with Gasteiger partial charge in [-0.15, -0.1) is 0 Å². The summed E-state index contributed by atoms with van der Waals surface area (Å²) in [4.78, 5) is 2.11. The molecule has 2 aromatic carbocycles. The summed E-state index contributed by atoms with van der Waals surface area (Å²) in [5.41, 5.74) is 10.4.